The van der Waals surface area contributed by atoms with Crippen LogP contribution in [0.4, 0.5) is 0 Å². The van der Waals surface area contributed by atoms with Crippen molar-refractivity contribution >= 4 is 27.0 Å². The van der Waals surface area contributed by atoms with Crippen LogP contribution in [0, 0.1) is 5.92 Å². The van der Waals surface area contributed by atoms with Crippen molar-refractivity contribution in [2.75, 3.05) is 18.8 Å². The molecule has 0 saturated carbocycles. The molecule has 1 atom stereocenters. The van der Waals surface area contributed by atoms with Crippen molar-refractivity contribution in [1.82, 2.24) is 19.6 Å². The molecule has 7 nitrogen and oxygen atoms in total. The summed E-state index contributed by atoms with van der Waals surface area (Å²) in [7, 11) is -3.29. The highest BCUT2D eigenvalue weighted by molar-refractivity contribution is 7.89. The quantitative estimate of drug-likeness (QED) is 0.504. The summed E-state index contributed by atoms with van der Waals surface area (Å²) in [6.45, 7) is 6.58. The number of rotatable bonds is 8. The molecule has 0 spiro atoms. The molecule has 3 aromatic rings. The Morgan fingerprint density at radius 1 is 1.09 bits per heavy atom. The predicted octanol–water partition coefficient (Wildman–Crippen LogP) is 4.15. The zero-order chi connectivity index (χ0) is 24.3. The molecule has 2 N–H and O–H groups in total. The maximum atomic E-state index is 14.0. The van der Waals surface area contributed by atoms with E-state index in [0.717, 1.165) is 28.8 Å². The van der Waals surface area contributed by atoms with Gasteiger partial charge in [-0.2, -0.15) is 0 Å². The zero-order valence-corrected chi connectivity index (χ0v) is 20.9. The fraction of sp³-hybridized carbons (Fsp3) is 0.462. The van der Waals surface area contributed by atoms with Gasteiger partial charge in [-0.1, -0.05) is 56.3 Å². The third-order valence-electron chi connectivity index (χ3n) is 6.85. The Morgan fingerprint density at radius 3 is 2.35 bits per heavy atom. The fourth-order valence-electron chi connectivity index (χ4n) is 4.88. The number of benzene rings is 2. The number of nitrogens with zero attached hydrogens (tertiary/aromatic N) is 2. The minimum absolute atomic E-state index is 0.0695. The van der Waals surface area contributed by atoms with E-state index in [1.54, 1.807) is 6.92 Å². The van der Waals surface area contributed by atoms with E-state index in [-0.39, 0.29) is 17.7 Å². The maximum absolute atomic E-state index is 14.0. The highest BCUT2D eigenvalue weighted by Crippen LogP contribution is 2.38. The van der Waals surface area contributed by atoms with E-state index in [4.69, 9.17) is 4.98 Å². The number of sulfonamides is 1. The number of piperidine rings is 1. The van der Waals surface area contributed by atoms with Crippen LogP contribution >= 0.6 is 0 Å². The van der Waals surface area contributed by atoms with E-state index < -0.39 is 15.4 Å². The number of hydrogen-bond acceptors (Lipinski definition) is 4. The van der Waals surface area contributed by atoms with Crippen molar-refractivity contribution in [2.45, 2.75) is 51.5 Å². The first-order chi connectivity index (χ1) is 16.2. The molecule has 8 heteroatoms. The average molecular weight is 483 g/mol. The molecule has 34 heavy (non-hydrogen) atoms. The lowest BCUT2D eigenvalue weighted by Crippen LogP contribution is -2.53. The van der Waals surface area contributed by atoms with Gasteiger partial charge in [0.1, 0.15) is 5.82 Å². The Morgan fingerprint density at radius 2 is 1.74 bits per heavy atom. The molecule has 4 rings (SSSR count). The van der Waals surface area contributed by atoms with Crippen molar-refractivity contribution < 1.29 is 13.2 Å². The average Bonchev–Trinajstić information content (AvgIpc) is 3.28. The lowest BCUT2D eigenvalue weighted by Gasteiger charge is -2.41. The van der Waals surface area contributed by atoms with Gasteiger partial charge >= 0.3 is 0 Å². The summed E-state index contributed by atoms with van der Waals surface area (Å²) < 4.78 is 26.4. The number of aromatic amines is 1. The molecular weight excluding hydrogens is 448 g/mol. The number of para-hydroxylation sites is 2. The largest absolute Gasteiger partial charge is 0.345 e. The van der Waals surface area contributed by atoms with E-state index in [0.29, 0.717) is 31.8 Å². The van der Waals surface area contributed by atoms with Gasteiger partial charge in [-0.05, 0) is 49.8 Å². The van der Waals surface area contributed by atoms with E-state index in [9.17, 15) is 13.2 Å². The first kappa shape index (κ1) is 24.4. The van der Waals surface area contributed by atoms with Gasteiger partial charge in [0, 0.05) is 13.1 Å². The Hall–Kier alpha value is -2.71. The van der Waals surface area contributed by atoms with Gasteiger partial charge in [0.05, 0.1) is 28.2 Å². The van der Waals surface area contributed by atoms with Crippen LogP contribution in [0.25, 0.3) is 11.0 Å². The summed E-state index contributed by atoms with van der Waals surface area (Å²) in [5.74, 6) is 1.10. The van der Waals surface area contributed by atoms with Gasteiger partial charge in [0.15, 0.2) is 0 Å². The Labute approximate surface area is 202 Å². The number of aromatic nitrogens is 2. The van der Waals surface area contributed by atoms with Crippen molar-refractivity contribution in [3.63, 3.8) is 0 Å². The summed E-state index contributed by atoms with van der Waals surface area (Å²) in [5.41, 5.74) is 1.95. The van der Waals surface area contributed by atoms with E-state index >= 15 is 0 Å². The molecule has 1 aromatic heterocycles. The third-order valence-corrected chi connectivity index (χ3v) is 8.73. The number of nitrogens with one attached hydrogen (secondary N) is 2. The summed E-state index contributed by atoms with van der Waals surface area (Å²) in [6, 6.07) is 17.3. The normalized spacial score (nSPS) is 17.6. The topological polar surface area (TPSA) is 95.2 Å². The Bertz CT molecular complexity index is 1200. The first-order valence-corrected chi connectivity index (χ1v) is 13.6. The Kier molecular flexibility index (Phi) is 7.09. The van der Waals surface area contributed by atoms with Crippen LogP contribution in [0.15, 0.2) is 54.6 Å². The molecule has 0 aliphatic carbocycles. The molecule has 0 bridgehead atoms. The SMILES string of the molecule is CCS(=O)(=O)N1CCC(C(=O)NC(CC(C)C)c2nc3ccccc3[nH]2)(c2ccccc2)CC1. The van der Waals surface area contributed by atoms with E-state index in [2.05, 4.69) is 24.1 Å². The number of imidazole rings is 1. The first-order valence-electron chi connectivity index (χ1n) is 12.0. The van der Waals surface area contributed by atoms with Crippen LogP contribution < -0.4 is 5.32 Å². The smallest absolute Gasteiger partial charge is 0.231 e. The van der Waals surface area contributed by atoms with Gasteiger partial charge < -0.3 is 10.3 Å². The van der Waals surface area contributed by atoms with Crippen molar-refractivity contribution in [1.29, 1.82) is 0 Å². The minimum atomic E-state index is -3.29. The third kappa shape index (κ3) is 4.88. The van der Waals surface area contributed by atoms with Gasteiger partial charge in [0.2, 0.25) is 15.9 Å². The second kappa shape index (κ2) is 9.88. The number of hydrogen-bond donors (Lipinski definition) is 2. The summed E-state index contributed by atoms with van der Waals surface area (Å²) in [6.07, 6.45) is 1.62. The molecule has 0 radical (unpaired) electrons. The summed E-state index contributed by atoms with van der Waals surface area (Å²) >= 11 is 0. The number of carbonyl (C=O) groups is 1. The number of H-pyrrole nitrogens is 1. The van der Waals surface area contributed by atoms with Gasteiger partial charge in [-0.25, -0.2) is 17.7 Å². The van der Waals surface area contributed by atoms with Crippen LogP contribution in [0.5, 0.6) is 0 Å². The molecular formula is C26H34N4O3S. The molecule has 182 valence electrons. The van der Waals surface area contributed by atoms with Crippen molar-refractivity contribution in [3.8, 4) is 0 Å². The highest BCUT2D eigenvalue weighted by Gasteiger charge is 2.45. The molecule has 1 unspecified atom stereocenters. The van der Waals surface area contributed by atoms with Gasteiger partial charge in [-0.3, -0.25) is 4.79 Å². The second-order valence-corrected chi connectivity index (χ2v) is 11.8. The predicted molar refractivity (Wildman–Crippen MR) is 135 cm³/mol. The number of carbonyl (C=O) groups excluding carboxylic acids is 1. The van der Waals surface area contributed by atoms with Crippen molar-refractivity contribution in [2.24, 2.45) is 5.92 Å². The molecule has 1 aliphatic heterocycles. The van der Waals surface area contributed by atoms with Gasteiger partial charge in [-0.15, -0.1) is 0 Å². The molecule has 1 fully saturated rings. The second-order valence-electron chi connectivity index (χ2n) is 9.54. The fourth-order valence-corrected chi connectivity index (χ4v) is 5.98. The van der Waals surface area contributed by atoms with E-state index in [1.165, 1.54) is 4.31 Å². The molecule has 2 aromatic carbocycles. The Balaban J connectivity index is 1.65. The molecule has 1 amide bonds. The van der Waals surface area contributed by atoms with Crippen LogP contribution in [0.3, 0.4) is 0 Å². The highest BCUT2D eigenvalue weighted by atomic mass is 32.2. The summed E-state index contributed by atoms with van der Waals surface area (Å²) in [4.78, 5) is 22.1. The number of fused-ring (bicyclic) bond motifs is 1. The van der Waals surface area contributed by atoms with Crippen LogP contribution in [-0.2, 0) is 20.2 Å². The van der Waals surface area contributed by atoms with Crippen molar-refractivity contribution in [3.05, 3.63) is 66.0 Å². The van der Waals surface area contributed by atoms with Crippen LogP contribution in [-0.4, -0.2) is 47.4 Å². The lowest BCUT2D eigenvalue weighted by molar-refractivity contribution is -0.129. The monoisotopic (exact) mass is 482 g/mol. The minimum Gasteiger partial charge on any atom is -0.345 e. The van der Waals surface area contributed by atoms with Crippen LogP contribution in [0.1, 0.15) is 57.5 Å². The molecule has 1 saturated heterocycles. The van der Waals surface area contributed by atoms with E-state index in [1.807, 2.05) is 54.6 Å². The lowest BCUT2D eigenvalue weighted by atomic mass is 9.72. The summed E-state index contributed by atoms with van der Waals surface area (Å²) in [5, 5.41) is 3.30. The zero-order valence-electron chi connectivity index (χ0n) is 20.1. The molecule has 1 aliphatic rings. The maximum Gasteiger partial charge on any atom is 0.231 e. The standard InChI is InChI=1S/C26H34N4O3S/c1-4-34(32,33)30-16-14-26(15-17-30,20-10-6-5-7-11-20)25(31)29-23(18-19(2)3)24-27-21-12-8-9-13-22(21)28-24/h5-13,19,23H,4,14-18H2,1-3H3,(H,27,28)(H,29,31). The van der Waals surface area contributed by atoms with Gasteiger partial charge in [0.25, 0.3) is 0 Å². The molecule has 2 heterocycles. The van der Waals surface area contributed by atoms with Crippen LogP contribution in [0.2, 0.25) is 0 Å². The number of amides is 1.